The Morgan fingerprint density at radius 1 is 1.53 bits per heavy atom. The molecule has 1 saturated carbocycles. The summed E-state index contributed by atoms with van der Waals surface area (Å²) in [6.45, 7) is 2.29. The van der Waals surface area contributed by atoms with Crippen LogP contribution in [0.2, 0.25) is 5.02 Å². The summed E-state index contributed by atoms with van der Waals surface area (Å²) >= 11 is 5.94. The zero-order valence-electron chi connectivity index (χ0n) is 10.9. The monoisotopic (exact) mass is 283 g/mol. The first-order valence-corrected chi connectivity index (χ1v) is 6.77. The maximum Gasteiger partial charge on any atom is 0.337 e. The van der Waals surface area contributed by atoms with Crippen LogP contribution in [0.3, 0.4) is 0 Å². The van der Waals surface area contributed by atoms with Crippen molar-refractivity contribution in [2.45, 2.75) is 12.8 Å². The predicted octanol–water partition coefficient (Wildman–Crippen LogP) is 2.90. The van der Waals surface area contributed by atoms with Crippen LogP contribution in [-0.4, -0.2) is 37.9 Å². The zero-order valence-corrected chi connectivity index (χ0v) is 11.7. The van der Waals surface area contributed by atoms with Gasteiger partial charge in [0, 0.05) is 25.9 Å². The van der Waals surface area contributed by atoms with E-state index in [2.05, 4.69) is 0 Å². The van der Waals surface area contributed by atoms with Gasteiger partial charge in [-0.05, 0) is 37.0 Å². The quantitative estimate of drug-likeness (QED) is 0.782. The van der Waals surface area contributed by atoms with E-state index in [1.54, 1.807) is 12.1 Å². The Morgan fingerprint density at radius 2 is 2.26 bits per heavy atom. The van der Waals surface area contributed by atoms with Crippen LogP contribution >= 0.6 is 11.6 Å². The van der Waals surface area contributed by atoms with Gasteiger partial charge in [-0.3, -0.25) is 0 Å². The molecule has 1 aromatic rings. The molecule has 1 fully saturated rings. The van der Waals surface area contributed by atoms with Crippen LogP contribution in [-0.2, 0) is 4.74 Å². The molecule has 0 saturated heterocycles. The number of benzene rings is 1. The fraction of sp³-hybridized carbons (Fsp3) is 0.500. The molecular formula is C14H18ClNO3. The van der Waals surface area contributed by atoms with Gasteiger partial charge in [0.15, 0.2) is 0 Å². The van der Waals surface area contributed by atoms with Gasteiger partial charge in [-0.2, -0.15) is 0 Å². The van der Waals surface area contributed by atoms with Gasteiger partial charge >= 0.3 is 5.97 Å². The maximum absolute atomic E-state index is 10.9. The van der Waals surface area contributed by atoms with E-state index in [0.29, 0.717) is 6.61 Å². The highest BCUT2D eigenvalue weighted by Crippen LogP contribution is 2.28. The van der Waals surface area contributed by atoms with E-state index in [1.807, 2.05) is 11.9 Å². The van der Waals surface area contributed by atoms with Crippen molar-refractivity contribution >= 4 is 23.3 Å². The molecule has 4 nitrogen and oxygen atoms in total. The Morgan fingerprint density at radius 3 is 2.84 bits per heavy atom. The third-order valence-corrected chi connectivity index (χ3v) is 3.56. The summed E-state index contributed by atoms with van der Waals surface area (Å²) in [5.41, 5.74) is 1.02. The van der Waals surface area contributed by atoms with Gasteiger partial charge < -0.3 is 14.7 Å². The molecule has 0 amide bonds. The summed E-state index contributed by atoms with van der Waals surface area (Å²) in [6, 6.07) is 4.96. The van der Waals surface area contributed by atoms with Crippen molar-refractivity contribution in [2.24, 2.45) is 5.92 Å². The minimum atomic E-state index is -1.01. The molecule has 1 aliphatic rings. The number of rotatable bonds is 7. The molecule has 0 spiro atoms. The summed E-state index contributed by atoms with van der Waals surface area (Å²) in [7, 11) is 1.94. The lowest BCUT2D eigenvalue weighted by Gasteiger charge is -2.19. The molecule has 0 radical (unpaired) electrons. The smallest absolute Gasteiger partial charge is 0.337 e. The highest BCUT2D eigenvalue weighted by atomic mass is 35.5. The van der Waals surface area contributed by atoms with Crippen molar-refractivity contribution < 1.29 is 14.6 Å². The summed E-state index contributed by atoms with van der Waals surface area (Å²) in [5.74, 6) is -0.235. The highest BCUT2D eigenvalue weighted by molar-refractivity contribution is 6.33. The minimum Gasteiger partial charge on any atom is -0.478 e. The van der Waals surface area contributed by atoms with Crippen LogP contribution in [0.4, 0.5) is 5.69 Å². The van der Waals surface area contributed by atoms with Crippen LogP contribution in [0.25, 0.3) is 0 Å². The number of carbonyl (C=O) groups is 1. The summed E-state index contributed by atoms with van der Waals surface area (Å²) in [6.07, 6.45) is 2.59. The standard InChI is InChI=1S/C14H18ClNO3/c1-16(6-7-19-9-10-2-3-10)11-4-5-12(14(17)18)13(15)8-11/h4-5,8,10H,2-3,6-7,9H2,1H3,(H,17,18). The Bertz CT molecular complexity index is 460. The molecule has 1 aromatic carbocycles. The Hall–Kier alpha value is -1.26. The minimum absolute atomic E-state index is 0.129. The van der Waals surface area contributed by atoms with Crippen molar-refractivity contribution in [3.8, 4) is 0 Å². The average Bonchev–Trinajstić information content (AvgIpc) is 3.17. The van der Waals surface area contributed by atoms with Gasteiger partial charge in [-0.1, -0.05) is 11.6 Å². The molecule has 2 rings (SSSR count). The van der Waals surface area contributed by atoms with Crippen LogP contribution in [0, 0.1) is 5.92 Å². The summed E-state index contributed by atoms with van der Waals surface area (Å²) in [5, 5.41) is 9.17. The van der Waals surface area contributed by atoms with Gasteiger partial charge in [-0.25, -0.2) is 4.79 Å². The zero-order chi connectivity index (χ0) is 13.8. The van der Waals surface area contributed by atoms with Crippen LogP contribution in [0.1, 0.15) is 23.2 Å². The van der Waals surface area contributed by atoms with Gasteiger partial charge in [0.25, 0.3) is 0 Å². The first-order chi connectivity index (χ1) is 9.08. The van der Waals surface area contributed by atoms with Crippen LogP contribution in [0.15, 0.2) is 18.2 Å². The van der Waals surface area contributed by atoms with E-state index < -0.39 is 5.97 Å². The van der Waals surface area contributed by atoms with Crippen molar-refractivity contribution in [3.63, 3.8) is 0 Å². The number of ether oxygens (including phenoxy) is 1. The van der Waals surface area contributed by atoms with Crippen molar-refractivity contribution in [3.05, 3.63) is 28.8 Å². The van der Waals surface area contributed by atoms with E-state index in [4.69, 9.17) is 21.4 Å². The number of aromatic carboxylic acids is 1. The lowest BCUT2D eigenvalue weighted by atomic mass is 10.2. The molecule has 0 unspecified atom stereocenters. The number of anilines is 1. The van der Waals surface area contributed by atoms with Gasteiger partial charge in [-0.15, -0.1) is 0 Å². The second kappa shape index (κ2) is 6.26. The molecule has 104 valence electrons. The largest absolute Gasteiger partial charge is 0.478 e. The lowest BCUT2D eigenvalue weighted by molar-refractivity contribution is 0.0697. The molecule has 0 bridgehead atoms. The molecule has 1 aliphatic carbocycles. The molecule has 0 atom stereocenters. The third kappa shape index (κ3) is 4.11. The number of carboxylic acid groups (broad SMARTS) is 1. The van der Waals surface area contributed by atoms with E-state index in [9.17, 15) is 4.79 Å². The molecule has 5 heteroatoms. The van der Waals surface area contributed by atoms with Gasteiger partial charge in [0.2, 0.25) is 0 Å². The lowest BCUT2D eigenvalue weighted by Crippen LogP contribution is -2.23. The fourth-order valence-electron chi connectivity index (χ4n) is 1.78. The maximum atomic E-state index is 10.9. The second-order valence-corrected chi connectivity index (χ2v) is 5.32. The summed E-state index contributed by atoms with van der Waals surface area (Å²) in [4.78, 5) is 12.9. The van der Waals surface area contributed by atoms with Crippen molar-refractivity contribution in [1.29, 1.82) is 0 Å². The molecule has 1 N–H and O–H groups in total. The van der Waals surface area contributed by atoms with E-state index >= 15 is 0 Å². The van der Waals surface area contributed by atoms with Crippen molar-refractivity contribution in [2.75, 3.05) is 31.7 Å². The molecule has 19 heavy (non-hydrogen) atoms. The Balaban J connectivity index is 1.85. The first kappa shape index (κ1) is 14.2. The predicted molar refractivity (Wildman–Crippen MR) is 75.2 cm³/mol. The fourth-order valence-corrected chi connectivity index (χ4v) is 2.04. The normalized spacial score (nSPS) is 14.4. The second-order valence-electron chi connectivity index (χ2n) is 4.91. The van der Waals surface area contributed by atoms with Crippen LogP contribution < -0.4 is 4.90 Å². The summed E-state index contributed by atoms with van der Waals surface area (Å²) < 4.78 is 5.57. The molecule has 0 heterocycles. The SMILES string of the molecule is CN(CCOCC1CC1)c1ccc(C(=O)O)c(Cl)c1. The van der Waals surface area contributed by atoms with Gasteiger partial charge in [0.1, 0.15) is 0 Å². The molecule has 0 aliphatic heterocycles. The number of hydrogen-bond acceptors (Lipinski definition) is 3. The third-order valence-electron chi connectivity index (χ3n) is 3.25. The van der Waals surface area contributed by atoms with E-state index in [1.165, 1.54) is 18.9 Å². The first-order valence-electron chi connectivity index (χ1n) is 6.39. The molecular weight excluding hydrogens is 266 g/mol. The Kier molecular flexibility index (Phi) is 4.66. The van der Waals surface area contributed by atoms with E-state index in [-0.39, 0.29) is 10.6 Å². The number of likely N-dealkylation sites (N-methyl/N-ethyl adjacent to an activating group) is 1. The van der Waals surface area contributed by atoms with Crippen molar-refractivity contribution in [1.82, 2.24) is 0 Å². The number of halogens is 1. The average molecular weight is 284 g/mol. The topological polar surface area (TPSA) is 49.8 Å². The number of carboxylic acids is 1. The molecule has 0 aromatic heterocycles. The number of hydrogen-bond donors (Lipinski definition) is 1. The van der Waals surface area contributed by atoms with Gasteiger partial charge in [0.05, 0.1) is 17.2 Å². The number of nitrogens with zero attached hydrogens (tertiary/aromatic N) is 1. The Labute approximate surface area is 117 Å². The highest BCUT2D eigenvalue weighted by Gasteiger charge is 2.21. The van der Waals surface area contributed by atoms with E-state index in [0.717, 1.165) is 24.8 Å². The van der Waals surface area contributed by atoms with Crippen LogP contribution in [0.5, 0.6) is 0 Å².